The van der Waals surface area contributed by atoms with E-state index >= 15 is 0 Å². The fourth-order valence-corrected chi connectivity index (χ4v) is 1.26. The van der Waals surface area contributed by atoms with E-state index in [4.69, 9.17) is 14.6 Å². The summed E-state index contributed by atoms with van der Waals surface area (Å²) in [7, 11) is 1.30. The lowest BCUT2D eigenvalue weighted by Gasteiger charge is -2.38. The Bertz CT molecular complexity index is 143. The highest BCUT2D eigenvalue weighted by Crippen LogP contribution is 2.20. The number of rotatable bonds is 2. The SMILES string of the molecule is CO[C@H]1O[C@H](CO)[C@@H](O)[C@H](O)[14C@H]1O. The first-order valence-corrected chi connectivity index (χ1v) is 3.95. The topological polar surface area (TPSA) is 99.4 Å². The monoisotopic (exact) mass is 196 g/mol. The van der Waals surface area contributed by atoms with Crippen molar-refractivity contribution in [2.45, 2.75) is 30.7 Å². The lowest BCUT2D eigenvalue weighted by Crippen LogP contribution is -2.58. The normalized spacial score (nSPS) is 46.4. The number of ether oxygens (including phenoxy) is 2. The Balaban J connectivity index is 2.66. The third-order valence-corrected chi connectivity index (χ3v) is 2.08. The fourth-order valence-electron chi connectivity index (χ4n) is 1.26. The molecule has 1 aliphatic heterocycles. The highest BCUT2D eigenvalue weighted by molar-refractivity contribution is 4.88. The van der Waals surface area contributed by atoms with E-state index in [0.29, 0.717) is 0 Å². The van der Waals surface area contributed by atoms with Crippen LogP contribution in [0.25, 0.3) is 0 Å². The van der Waals surface area contributed by atoms with Crippen molar-refractivity contribution in [1.82, 2.24) is 0 Å². The maximum atomic E-state index is 9.28. The summed E-state index contributed by atoms with van der Waals surface area (Å²) in [6.07, 6.45) is -5.91. The van der Waals surface area contributed by atoms with Gasteiger partial charge in [-0.25, -0.2) is 0 Å². The summed E-state index contributed by atoms with van der Waals surface area (Å²) in [6, 6.07) is 0. The van der Waals surface area contributed by atoms with Crippen LogP contribution in [-0.2, 0) is 9.47 Å². The van der Waals surface area contributed by atoms with E-state index in [-0.39, 0.29) is 0 Å². The van der Waals surface area contributed by atoms with Crippen molar-refractivity contribution in [3.8, 4) is 0 Å². The Hall–Kier alpha value is -0.240. The van der Waals surface area contributed by atoms with Gasteiger partial charge < -0.3 is 29.9 Å². The molecule has 6 nitrogen and oxygen atoms in total. The van der Waals surface area contributed by atoms with Gasteiger partial charge in [-0.1, -0.05) is 0 Å². The maximum Gasteiger partial charge on any atom is 0.186 e. The Morgan fingerprint density at radius 2 is 2.08 bits per heavy atom. The van der Waals surface area contributed by atoms with Gasteiger partial charge in [0.05, 0.1) is 6.61 Å². The Labute approximate surface area is 75.3 Å². The van der Waals surface area contributed by atoms with Crippen molar-refractivity contribution in [3.63, 3.8) is 0 Å². The van der Waals surface area contributed by atoms with E-state index < -0.39 is 37.3 Å². The van der Waals surface area contributed by atoms with Gasteiger partial charge in [0.25, 0.3) is 0 Å². The Kier molecular flexibility index (Phi) is 3.60. The van der Waals surface area contributed by atoms with Crippen LogP contribution >= 0.6 is 0 Å². The van der Waals surface area contributed by atoms with E-state index in [1.807, 2.05) is 0 Å². The van der Waals surface area contributed by atoms with Gasteiger partial charge in [-0.05, 0) is 0 Å². The first kappa shape index (κ1) is 10.8. The summed E-state index contributed by atoms with van der Waals surface area (Å²) >= 11 is 0. The quantitative estimate of drug-likeness (QED) is 0.387. The second-order valence-electron chi connectivity index (χ2n) is 2.93. The van der Waals surface area contributed by atoms with Gasteiger partial charge >= 0.3 is 0 Å². The zero-order valence-corrected chi connectivity index (χ0v) is 7.20. The number of aliphatic hydroxyl groups excluding tert-OH is 4. The van der Waals surface area contributed by atoms with Crippen molar-refractivity contribution in [2.75, 3.05) is 13.7 Å². The number of hydrogen-bond donors (Lipinski definition) is 4. The number of methoxy groups -OCH3 is 1. The highest BCUT2D eigenvalue weighted by Gasteiger charge is 2.43. The molecule has 1 fully saturated rings. The van der Waals surface area contributed by atoms with Gasteiger partial charge in [0.1, 0.15) is 24.4 Å². The molecule has 1 heterocycles. The molecule has 1 rings (SSSR count). The zero-order chi connectivity index (χ0) is 10.0. The molecule has 0 spiro atoms. The second kappa shape index (κ2) is 4.32. The fraction of sp³-hybridized carbons (Fsp3) is 1.00. The van der Waals surface area contributed by atoms with Crippen LogP contribution in [0.3, 0.4) is 0 Å². The Morgan fingerprint density at radius 3 is 2.54 bits per heavy atom. The molecule has 0 aromatic carbocycles. The lowest BCUT2D eigenvalue weighted by molar-refractivity contribution is -0.294. The molecule has 0 aromatic rings. The summed E-state index contributed by atoms with van der Waals surface area (Å²) in [5.41, 5.74) is 0. The molecule has 0 radical (unpaired) electrons. The number of aliphatic hydroxyl groups is 4. The van der Waals surface area contributed by atoms with Crippen LogP contribution in [0.15, 0.2) is 0 Å². The third-order valence-electron chi connectivity index (χ3n) is 2.08. The van der Waals surface area contributed by atoms with Gasteiger partial charge in [0.15, 0.2) is 6.29 Å². The van der Waals surface area contributed by atoms with Gasteiger partial charge in [0, 0.05) is 7.11 Å². The molecular weight excluding hydrogens is 182 g/mol. The molecule has 0 bridgehead atoms. The van der Waals surface area contributed by atoms with Crippen molar-refractivity contribution in [1.29, 1.82) is 0 Å². The predicted molar refractivity (Wildman–Crippen MR) is 40.8 cm³/mol. The minimum Gasteiger partial charge on any atom is -0.394 e. The molecule has 0 saturated carbocycles. The van der Waals surface area contributed by atoms with Crippen LogP contribution in [0, 0.1) is 0 Å². The summed E-state index contributed by atoms with van der Waals surface area (Å²) in [4.78, 5) is 0. The van der Waals surface area contributed by atoms with Crippen LogP contribution in [0.5, 0.6) is 0 Å². The molecule has 13 heavy (non-hydrogen) atoms. The summed E-state index contributed by atoms with van der Waals surface area (Å²) in [5, 5.41) is 36.6. The van der Waals surface area contributed by atoms with Gasteiger partial charge in [-0.15, -0.1) is 0 Å². The molecule has 1 saturated heterocycles. The van der Waals surface area contributed by atoms with Gasteiger partial charge in [0.2, 0.25) is 0 Å². The summed E-state index contributed by atoms with van der Waals surface area (Å²) in [5.74, 6) is 0. The standard InChI is InChI=1S/C7H14O6/c1-12-7-6(11)5(10)4(9)3(2-8)13-7/h3-11H,2H2,1H3/t3-,4-,5+,6-,7+/m1/s1/i6+2. The lowest BCUT2D eigenvalue weighted by atomic mass is 10.1. The molecule has 0 amide bonds. The maximum absolute atomic E-state index is 9.28. The van der Waals surface area contributed by atoms with Gasteiger partial charge in [-0.3, -0.25) is 0 Å². The first-order valence-electron chi connectivity index (χ1n) is 3.95. The predicted octanol–water partition coefficient (Wildman–Crippen LogP) is -2.57. The summed E-state index contributed by atoms with van der Waals surface area (Å²) < 4.78 is 9.65. The van der Waals surface area contributed by atoms with Crippen molar-refractivity contribution >= 4 is 0 Å². The van der Waals surface area contributed by atoms with Crippen LogP contribution in [0.1, 0.15) is 0 Å². The van der Waals surface area contributed by atoms with Crippen LogP contribution < -0.4 is 0 Å². The molecule has 0 aromatic heterocycles. The number of hydrogen-bond acceptors (Lipinski definition) is 6. The molecule has 6 heteroatoms. The minimum atomic E-state index is -1.36. The molecule has 4 N–H and O–H groups in total. The smallest absolute Gasteiger partial charge is 0.186 e. The van der Waals surface area contributed by atoms with E-state index in [2.05, 4.69) is 0 Å². The van der Waals surface area contributed by atoms with Gasteiger partial charge in [-0.2, -0.15) is 0 Å². The molecular formula is C7H14O6. The molecule has 0 aliphatic carbocycles. The van der Waals surface area contributed by atoms with Crippen LogP contribution in [0.2, 0.25) is 0 Å². The molecule has 5 atom stereocenters. The largest absolute Gasteiger partial charge is 0.394 e. The van der Waals surface area contributed by atoms with E-state index in [1.165, 1.54) is 7.11 Å². The highest BCUT2D eigenvalue weighted by atomic mass is 16.8. The van der Waals surface area contributed by atoms with Crippen molar-refractivity contribution in [2.24, 2.45) is 0 Å². The third kappa shape index (κ3) is 1.98. The van der Waals surface area contributed by atoms with E-state index in [9.17, 15) is 15.3 Å². The van der Waals surface area contributed by atoms with Crippen LogP contribution in [-0.4, -0.2) is 64.8 Å². The average Bonchev–Trinajstić information content (AvgIpc) is 2.15. The second-order valence-corrected chi connectivity index (χ2v) is 2.93. The van der Waals surface area contributed by atoms with Crippen molar-refractivity contribution in [3.05, 3.63) is 0 Å². The zero-order valence-electron chi connectivity index (χ0n) is 7.20. The van der Waals surface area contributed by atoms with E-state index in [1.54, 1.807) is 0 Å². The molecule has 78 valence electrons. The van der Waals surface area contributed by atoms with Crippen molar-refractivity contribution < 1.29 is 29.9 Å². The summed E-state index contributed by atoms with van der Waals surface area (Å²) in [6.45, 7) is -0.440. The molecule has 1 aliphatic rings. The average molecular weight is 196 g/mol. The minimum absolute atomic E-state index is 0.440. The van der Waals surface area contributed by atoms with E-state index in [0.717, 1.165) is 0 Å². The van der Waals surface area contributed by atoms with Crippen LogP contribution in [0.4, 0.5) is 0 Å². The molecule has 0 unspecified atom stereocenters. The first-order chi connectivity index (χ1) is 6.11. The Morgan fingerprint density at radius 1 is 1.46 bits per heavy atom.